The average molecular weight is 446 g/mol. The Balaban J connectivity index is 1.85. The number of thiophene rings is 1. The summed E-state index contributed by atoms with van der Waals surface area (Å²) in [5.41, 5.74) is 2.60. The fourth-order valence-corrected chi connectivity index (χ4v) is 5.29. The molecule has 3 rings (SSSR count). The van der Waals surface area contributed by atoms with E-state index in [0.717, 1.165) is 30.4 Å². The van der Waals surface area contributed by atoms with Crippen LogP contribution in [0.4, 0.5) is 5.00 Å². The Morgan fingerprint density at radius 1 is 1.33 bits per heavy atom. The van der Waals surface area contributed by atoms with Crippen LogP contribution in [0.15, 0.2) is 30.3 Å². The van der Waals surface area contributed by atoms with Crippen LogP contribution in [0.1, 0.15) is 60.5 Å². The number of hydrogen-bond donors (Lipinski definition) is 1. The van der Waals surface area contributed by atoms with Crippen molar-refractivity contribution in [1.82, 2.24) is 0 Å². The number of nitrogens with one attached hydrogen (secondary N) is 1. The molecule has 30 heavy (non-hydrogen) atoms. The molecule has 1 atom stereocenters. The molecule has 0 radical (unpaired) electrons. The number of ether oxygens (including phenoxy) is 1. The summed E-state index contributed by atoms with van der Waals surface area (Å²) in [5.74, 6) is -0.102. The van der Waals surface area contributed by atoms with Crippen molar-refractivity contribution in [3.63, 3.8) is 0 Å². The van der Waals surface area contributed by atoms with Crippen molar-refractivity contribution in [2.24, 2.45) is 11.3 Å². The molecule has 2 aromatic rings. The lowest BCUT2D eigenvalue weighted by atomic mass is 9.72. The number of halogens is 1. The number of carbonyl (C=O) groups is 2. The van der Waals surface area contributed by atoms with E-state index in [1.54, 1.807) is 25.1 Å². The van der Waals surface area contributed by atoms with Gasteiger partial charge < -0.3 is 10.1 Å². The molecule has 6 heteroatoms. The van der Waals surface area contributed by atoms with Crippen molar-refractivity contribution in [3.8, 4) is 0 Å². The smallest absolute Gasteiger partial charge is 0.341 e. The van der Waals surface area contributed by atoms with Crippen LogP contribution in [0.2, 0.25) is 5.02 Å². The van der Waals surface area contributed by atoms with Gasteiger partial charge in [0.2, 0.25) is 5.91 Å². The molecule has 1 N–H and O–H groups in total. The average Bonchev–Trinajstić information content (AvgIpc) is 3.03. The van der Waals surface area contributed by atoms with Gasteiger partial charge in [0.05, 0.1) is 12.2 Å². The number of carbonyl (C=O) groups excluding carboxylic acids is 2. The van der Waals surface area contributed by atoms with E-state index >= 15 is 0 Å². The highest BCUT2D eigenvalue weighted by molar-refractivity contribution is 7.17. The van der Waals surface area contributed by atoms with Crippen molar-refractivity contribution in [2.75, 3.05) is 11.9 Å². The zero-order valence-electron chi connectivity index (χ0n) is 17.9. The first kappa shape index (κ1) is 22.6. The van der Waals surface area contributed by atoms with E-state index in [2.05, 4.69) is 26.1 Å². The molecule has 0 aliphatic heterocycles. The van der Waals surface area contributed by atoms with Crippen LogP contribution in [0.5, 0.6) is 0 Å². The number of esters is 1. The minimum atomic E-state index is -0.363. The third-order valence-electron chi connectivity index (χ3n) is 5.48. The first-order valence-electron chi connectivity index (χ1n) is 10.2. The molecular weight excluding hydrogens is 418 g/mol. The van der Waals surface area contributed by atoms with Gasteiger partial charge in [-0.25, -0.2) is 4.79 Å². The molecule has 160 valence electrons. The topological polar surface area (TPSA) is 55.4 Å². The minimum absolute atomic E-state index is 0.203. The van der Waals surface area contributed by atoms with E-state index in [9.17, 15) is 9.59 Å². The maximum atomic E-state index is 12.7. The SMILES string of the molecule is CCOC(=O)c1c(NC(=O)/C=C/c2cccc(Cl)c2)sc2c1CC[C@@H](C(C)(C)C)C2. The normalized spacial score (nSPS) is 16.4. The molecule has 1 aliphatic carbocycles. The molecule has 0 saturated heterocycles. The predicted octanol–water partition coefficient (Wildman–Crippen LogP) is 6.38. The van der Waals surface area contributed by atoms with Gasteiger partial charge in [-0.2, -0.15) is 0 Å². The lowest BCUT2D eigenvalue weighted by molar-refractivity contribution is -0.111. The van der Waals surface area contributed by atoms with Crippen molar-refractivity contribution >= 4 is 45.9 Å². The van der Waals surface area contributed by atoms with Gasteiger partial charge in [0, 0.05) is 16.0 Å². The van der Waals surface area contributed by atoms with Gasteiger partial charge >= 0.3 is 5.97 Å². The Hall–Kier alpha value is -2.11. The van der Waals surface area contributed by atoms with Crippen LogP contribution in [0, 0.1) is 11.3 Å². The minimum Gasteiger partial charge on any atom is -0.462 e. The predicted molar refractivity (Wildman–Crippen MR) is 124 cm³/mol. The summed E-state index contributed by atoms with van der Waals surface area (Å²) in [6.07, 6.45) is 5.94. The monoisotopic (exact) mass is 445 g/mol. The number of benzene rings is 1. The summed E-state index contributed by atoms with van der Waals surface area (Å²) in [7, 11) is 0. The van der Waals surface area contributed by atoms with Crippen LogP contribution in [-0.4, -0.2) is 18.5 Å². The van der Waals surface area contributed by atoms with E-state index in [1.165, 1.54) is 22.3 Å². The standard InChI is InChI=1S/C24H28ClNO3S/c1-5-29-23(28)21-18-11-10-16(24(2,3)4)14-19(18)30-22(21)26-20(27)12-9-15-7-6-8-17(25)13-15/h6-9,12-13,16H,5,10-11,14H2,1-4H3,(H,26,27)/b12-9+/t16-/m1/s1. The van der Waals surface area contributed by atoms with Crippen molar-refractivity contribution in [1.29, 1.82) is 0 Å². The zero-order chi connectivity index (χ0) is 21.9. The fourth-order valence-electron chi connectivity index (χ4n) is 3.77. The van der Waals surface area contributed by atoms with Crippen LogP contribution in [0.3, 0.4) is 0 Å². The number of fused-ring (bicyclic) bond motifs is 1. The summed E-state index contributed by atoms with van der Waals surface area (Å²) in [6.45, 7) is 8.86. The Labute approximate surface area is 187 Å². The molecule has 0 unspecified atom stereocenters. The Kier molecular flexibility index (Phi) is 7.04. The van der Waals surface area contributed by atoms with Crippen LogP contribution >= 0.6 is 22.9 Å². The molecule has 0 fully saturated rings. The van der Waals surface area contributed by atoms with Gasteiger partial charge in [-0.3, -0.25) is 4.79 Å². The number of amides is 1. The molecule has 1 aliphatic rings. The van der Waals surface area contributed by atoms with E-state index in [4.69, 9.17) is 16.3 Å². The highest BCUT2D eigenvalue weighted by Crippen LogP contribution is 2.44. The molecule has 1 amide bonds. The van der Waals surface area contributed by atoms with Crippen LogP contribution in [0.25, 0.3) is 6.08 Å². The molecule has 0 saturated carbocycles. The summed E-state index contributed by atoms with van der Waals surface area (Å²) >= 11 is 7.49. The maximum Gasteiger partial charge on any atom is 0.341 e. The van der Waals surface area contributed by atoms with Crippen molar-refractivity contribution in [2.45, 2.75) is 47.0 Å². The molecule has 0 bridgehead atoms. The molecule has 1 aromatic carbocycles. The Morgan fingerprint density at radius 2 is 2.10 bits per heavy atom. The summed E-state index contributed by atoms with van der Waals surface area (Å²) in [6, 6.07) is 7.27. The Bertz CT molecular complexity index is 971. The van der Waals surface area contributed by atoms with Gasteiger partial charge in [0.15, 0.2) is 0 Å². The van der Waals surface area contributed by atoms with E-state index in [0.29, 0.717) is 28.1 Å². The first-order valence-corrected chi connectivity index (χ1v) is 11.4. The van der Waals surface area contributed by atoms with Crippen LogP contribution < -0.4 is 5.32 Å². The van der Waals surface area contributed by atoms with Crippen LogP contribution in [-0.2, 0) is 22.4 Å². The lowest BCUT2D eigenvalue weighted by Crippen LogP contribution is -2.26. The number of rotatable bonds is 5. The summed E-state index contributed by atoms with van der Waals surface area (Å²) < 4.78 is 5.29. The molecule has 1 heterocycles. The largest absolute Gasteiger partial charge is 0.462 e. The van der Waals surface area contributed by atoms with Gasteiger partial charge in [0.25, 0.3) is 0 Å². The van der Waals surface area contributed by atoms with Gasteiger partial charge in [-0.1, -0.05) is 44.5 Å². The highest BCUT2D eigenvalue weighted by atomic mass is 35.5. The van der Waals surface area contributed by atoms with Crippen molar-refractivity contribution < 1.29 is 14.3 Å². The maximum absolute atomic E-state index is 12.7. The summed E-state index contributed by atoms with van der Waals surface area (Å²) in [4.78, 5) is 26.4. The number of anilines is 1. The zero-order valence-corrected chi connectivity index (χ0v) is 19.5. The van der Waals surface area contributed by atoms with Gasteiger partial charge in [-0.05, 0) is 66.9 Å². The highest BCUT2D eigenvalue weighted by Gasteiger charge is 2.34. The number of hydrogen-bond acceptors (Lipinski definition) is 4. The van der Waals surface area contributed by atoms with E-state index < -0.39 is 0 Å². The quantitative estimate of drug-likeness (QED) is 0.429. The summed E-state index contributed by atoms with van der Waals surface area (Å²) in [5, 5.41) is 4.09. The molecule has 1 aromatic heterocycles. The van der Waals surface area contributed by atoms with Crippen molar-refractivity contribution in [3.05, 3.63) is 56.9 Å². The fraction of sp³-hybridized carbons (Fsp3) is 0.417. The van der Waals surface area contributed by atoms with E-state index in [1.807, 2.05) is 12.1 Å². The first-order chi connectivity index (χ1) is 14.2. The second-order valence-corrected chi connectivity index (χ2v) is 10.2. The lowest BCUT2D eigenvalue weighted by Gasteiger charge is -2.33. The van der Waals surface area contributed by atoms with E-state index in [-0.39, 0.29) is 17.3 Å². The third kappa shape index (κ3) is 5.32. The second kappa shape index (κ2) is 9.36. The molecular formula is C24H28ClNO3S. The Morgan fingerprint density at radius 3 is 2.77 bits per heavy atom. The van der Waals surface area contributed by atoms with Gasteiger partial charge in [-0.15, -0.1) is 11.3 Å². The molecule has 4 nitrogen and oxygen atoms in total. The van der Waals surface area contributed by atoms with Gasteiger partial charge in [0.1, 0.15) is 5.00 Å². The third-order valence-corrected chi connectivity index (χ3v) is 6.89. The molecule has 0 spiro atoms. The second-order valence-electron chi connectivity index (χ2n) is 8.61.